The lowest BCUT2D eigenvalue weighted by molar-refractivity contribution is 0.170. The molecule has 3 heterocycles. The molecule has 1 unspecified atom stereocenters. The van der Waals surface area contributed by atoms with Crippen molar-refractivity contribution in [2.75, 3.05) is 34.0 Å². The quantitative estimate of drug-likeness (QED) is 0.574. The zero-order valence-electron chi connectivity index (χ0n) is 16.4. The number of likely N-dealkylation sites (N-methyl/N-ethyl adjacent to an activating group) is 1. The lowest BCUT2D eigenvalue weighted by atomic mass is 9.91. The van der Waals surface area contributed by atoms with E-state index in [9.17, 15) is 9.90 Å². The summed E-state index contributed by atoms with van der Waals surface area (Å²) < 4.78 is 18.3. The molecule has 0 bridgehead atoms. The molecule has 2 N–H and O–H groups in total. The van der Waals surface area contributed by atoms with E-state index in [-0.39, 0.29) is 29.0 Å². The number of nitrogens with zero attached hydrogens (tertiary/aromatic N) is 3. The zero-order valence-corrected chi connectivity index (χ0v) is 17.2. The van der Waals surface area contributed by atoms with Gasteiger partial charge in [-0.05, 0) is 37.3 Å². The van der Waals surface area contributed by atoms with E-state index >= 15 is 0 Å². The van der Waals surface area contributed by atoms with Crippen molar-refractivity contribution >= 4 is 18.4 Å². The highest BCUT2D eigenvalue weighted by Crippen LogP contribution is 2.49. The second kappa shape index (κ2) is 7.53. The molecule has 154 valence electrons. The van der Waals surface area contributed by atoms with Gasteiger partial charge in [-0.25, -0.2) is 0 Å². The van der Waals surface area contributed by atoms with Crippen LogP contribution in [0.2, 0.25) is 0 Å². The Bertz CT molecular complexity index is 1110. The van der Waals surface area contributed by atoms with E-state index in [1.807, 2.05) is 13.1 Å². The predicted octanol–water partition coefficient (Wildman–Crippen LogP) is 1.53. The highest BCUT2D eigenvalue weighted by atomic mass is 32.1. The number of nitrogens with one attached hydrogen (secondary N) is 1. The first-order valence-electron chi connectivity index (χ1n) is 9.14. The van der Waals surface area contributed by atoms with Crippen molar-refractivity contribution in [3.05, 3.63) is 37.9 Å². The van der Waals surface area contributed by atoms with Crippen LogP contribution in [0.5, 0.6) is 23.1 Å². The number of benzene rings is 1. The molecular formula is C19H22N4O5S. The number of hydrogen-bond donors (Lipinski definition) is 2. The number of aromatic amines is 1. The van der Waals surface area contributed by atoms with Crippen LogP contribution in [0.25, 0.3) is 0 Å². The number of aromatic nitrogens is 2. The fourth-order valence-corrected chi connectivity index (χ4v) is 3.92. The molecule has 1 aromatic heterocycles. The van der Waals surface area contributed by atoms with Crippen molar-refractivity contribution < 1.29 is 19.3 Å². The van der Waals surface area contributed by atoms with Gasteiger partial charge in [0.25, 0.3) is 5.56 Å². The summed E-state index contributed by atoms with van der Waals surface area (Å²) in [6, 6.07) is 1.93. The molecule has 0 saturated heterocycles. The van der Waals surface area contributed by atoms with E-state index in [0.29, 0.717) is 23.8 Å². The first-order valence-corrected chi connectivity index (χ1v) is 9.55. The van der Waals surface area contributed by atoms with Crippen LogP contribution < -0.4 is 19.8 Å². The van der Waals surface area contributed by atoms with Gasteiger partial charge in [0, 0.05) is 25.4 Å². The number of ether oxygens (including phenoxy) is 3. The predicted molar refractivity (Wildman–Crippen MR) is 109 cm³/mol. The number of fused-ring (bicyclic) bond motifs is 2. The first kappa shape index (κ1) is 19.5. The molecule has 0 fully saturated rings. The number of methoxy groups -OCH3 is 1. The third-order valence-corrected chi connectivity index (χ3v) is 5.75. The maximum absolute atomic E-state index is 12.1. The monoisotopic (exact) mass is 418 g/mol. The van der Waals surface area contributed by atoms with Crippen LogP contribution in [-0.4, -0.2) is 59.8 Å². The standard InChI is InChI=1S/C19H22N4O5S/c1-22-5-4-10-6-13-15(28-9-27-13)16(26-3)14(10)12(22)8-20-7-11-17(24)21-19(29)23(2)18(11)25/h6-7,12,25H,4-5,8-9H2,1-3H3,(H,21,24,29). The van der Waals surface area contributed by atoms with Crippen molar-refractivity contribution in [2.24, 2.45) is 12.0 Å². The van der Waals surface area contributed by atoms with Crippen LogP contribution in [0.4, 0.5) is 0 Å². The van der Waals surface area contributed by atoms with Crippen LogP contribution >= 0.6 is 12.2 Å². The van der Waals surface area contributed by atoms with Gasteiger partial charge < -0.3 is 19.3 Å². The Hall–Kier alpha value is -2.85. The van der Waals surface area contributed by atoms with Crippen molar-refractivity contribution in [3.63, 3.8) is 0 Å². The number of aliphatic imine (C=N–C) groups is 1. The second-order valence-corrected chi connectivity index (χ2v) is 7.40. The van der Waals surface area contributed by atoms with Gasteiger partial charge in [0.15, 0.2) is 16.3 Å². The number of H-pyrrole nitrogens is 1. The number of hydrogen-bond acceptors (Lipinski definition) is 8. The summed E-state index contributed by atoms with van der Waals surface area (Å²) >= 11 is 4.99. The molecule has 2 aliphatic rings. The van der Waals surface area contributed by atoms with Gasteiger partial charge in [0.1, 0.15) is 5.56 Å². The molecule has 0 spiro atoms. The zero-order chi connectivity index (χ0) is 20.7. The minimum absolute atomic E-state index is 0.0671. The summed E-state index contributed by atoms with van der Waals surface area (Å²) in [5.74, 6) is 1.74. The van der Waals surface area contributed by atoms with Crippen LogP contribution in [-0.2, 0) is 13.5 Å². The van der Waals surface area contributed by atoms with Crippen molar-refractivity contribution in [2.45, 2.75) is 12.5 Å². The Kier molecular flexibility index (Phi) is 5.05. The molecule has 1 atom stereocenters. The summed E-state index contributed by atoms with van der Waals surface area (Å²) in [6.45, 7) is 1.39. The van der Waals surface area contributed by atoms with E-state index in [1.54, 1.807) is 14.2 Å². The van der Waals surface area contributed by atoms with Gasteiger partial charge >= 0.3 is 0 Å². The maximum Gasteiger partial charge on any atom is 0.264 e. The van der Waals surface area contributed by atoms with E-state index in [1.165, 1.54) is 10.8 Å². The van der Waals surface area contributed by atoms with Gasteiger partial charge in [0.2, 0.25) is 18.4 Å². The Balaban J connectivity index is 1.70. The third-order valence-electron chi connectivity index (χ3n) is 5.37. The normalized spacial score (nSPS) is 18.2. The number of rotatable bonds is 4. The van der Waals surface area contributed by atoms with E-state index in [2.05, 4.69) is 14.9 Å². The minimum atomic E-state index is -0.479. The summed E-state index contributed by atoms with van der Waals surface area (Å²) in [7, 11) is 5.20. The van der Waals surface area contributed by atoms with Crippen molar-refractivity contribution in [1.82, 2.24) is 14.5 Å². The molecule has 0 radical (unpaired) electrons. The van der Waals surface area contributed by atoms with Crippen molar-refractivity contribution in [3.8, 4) is 23.1 Å². The van der Waals surface area contributed by atoms with Gasteiger partial charge in [-0.1, -0.05) is 0 Å². The smallest absolute Gasteiger partial charge is 0.264 e. The average Bonchev–Trinajstić information content (AvgIpc) is 3.17. The lowest BCUT2D eigenvalue weighted by Gasteiger charge is -2.35. The average molecular weight is 418 g/mol. The molecule has 9 nitrogen and oxygen atoms in total. The molecule has 2 aromatic rings. The summed E-state index contributed by atoms with van der Waals surface area (Å²) in [4.78, 5) is 21.3. The van der Waals surface area contributed by atoms with Crippen LogP contribution in [0.1, 0.15) is 22.7 Å². The lowest BCUT2D eigenvalue weighted by Crippen LogP contribution is -2.34. The topological polar surface area (TPSA) is 101 Å². The molecule has 0 saturated carbocycles. The first-order chi connectivity index (χ1) is 13.9. The van der Waals surface area contributed by atoms with Crippen molar-refractivity contribution in [1.29, 1.82) is 0 Å². The number of aromatic hydroxyl groups is 1. The fourth-order valence-electron chi connectivity index (χ4n) is 3.74. The van der Waals surface area contributed by atoms with Gasteiger partial charge in [-0.15, -0.1) is 0 Å². The Morgan fingerprint density at radius 3 is 3.00 bits per heavy atom. The molecule has 1 aromatic carbocycles. The molecule has 2 aliphatic heterocycles. The molecule has 0 amide bonds. The van der Waals surface area contributed by atoms with Crippen LogP contribution in [0, 0.1) is 4.77 Å². The van der Waals surface area contributed by atoms with E-state index < -0.39 is 5.56 Å². The Morgan fingerprint density at radius 2 is 2.24 bits per heavy atom. The van der Waals surface area contributed by atoms with Gasteiger partial charge in [-0.2, -0.15) is 0 Å². The SMILES string of the molecule is COc1c2c(cc3c1C(CN=Cc1c(O)n(C)c(=S)[nH]c1=O)N(C)CC3)OCO2. The summed E-state index contributed by atoms with van der Waals surface area (Å²) in [5.41, 5.74) is 1.73. The Morgan fingerprint density at radius 1 is 1.45 bits per heavy atom. The van der Waals surface area contributed by atoms with E-state index in [4.69, 9.17) is 26.4 Å². The summed E-state index contributed by atoms with van der Waals surface area (Å²) in [6.07, 6.45) is 2.24. The Labute approximate surface area is 172 Å². The molecular weight excluding hydrogens is 396 g/mol. The van der Waals surface area contributed by atoms with Gasteiger partial charge in [0.05, 0.1) is 19.7 Å². The highest BCUT2D eigenvalue weighted by molar-refractivity contribution is 7.71. The van der Waals surface area contributed by atoms with Crippen LogP contribution in [0.3, 0.4) is 0 Å². The largest absolute Gasteiger partial charge is 0.494 e. The fraction of sp³-hybridized carbons (Fsp3) is 0.421. The second-order valence-electron chi connectivity index (χ2n) is 7.01. The molecule has 4 rings (SSSR count). The van der Waals surface area contributed by atoms with Gasteiger partial charge in [-0.3, -0.25) is 24.2 Å². The van der Waals surface area contributed by atoms with E-state index in [0.717, 1.165) is 24.1 Å². The molecule has 29 heavy (non-hydrogen) atoms. The summed E-state index contributed by atoms with van der Waals surface area (Å²) in [5, 5.41) is 10.2. The maximum atomic E-state index is 12.1. The molecule has 0 aliphatic carbocycles. The highest BCUT2D eigenvalue weighted by Gasteiger charge is 2.33. The third kappa shape index (κ3) is 3.28. The molecule has 10 heteroatoms. The van der Waals surface area contributed by atoms with Crippen LogP contribution in [0.15, 0.2) is 15.9 Å². The minimum Gasteiger partial charge on any atom is -0.494 e.